The lowest BCUT2D eigenvalue weighted by molar-refractivity contribution is 0.582. The third-order valence-corrected chi connectivity index (χ3v) is 1.91. The second-order valence-corrected chi connectivity index (χ2v) is 3.77. The van der Waals surface area contributed by atoms with Gasteiger partial charge in [-0.3, -0.25) is 0 Å². The Hall–Kier alpha value is -1.12. The van der Waals surface area contributed by atoms with E-state index in [1.807, 2.05) is 0 Å². The van der Waals surface area contributed by atoms with Crippen molar-refractivity contribution in [2.75, 3.05) is 11.9 Å². The summed E-state index contributed by atoms with van der Waals surface area (Å²) < 4.78 is 25.5. The molecule has 78 valence electrons. The summed E-state index contributed by atoms with van der Waals surface area (Å²) in [4.78, 5) is 0. The Kier molecular flexibility index (Phi) is 3.86. The highest BCUT2D eigenvalue weighted by Gasteiger charge is 2.00. The Morgan fingerprint density at radius 1 is 1.14 bits per heavy atom. The Balaban J connectivity index is 2.50. The van der Waals surface area contributed by atoms with E-state index in [2.05, 4.69) is 19.2 Å². The average molecular weight is 199 g/mol. The third kappa shape index (κ3) is 3.73. The number of hydrogen-bond acceptors (Lipinski definition) is 1. The highest BCUT2D eigenvalue weighted by Crippen LogP contribution is 2.13. The van der Waals surface area contributed by atoms with Crippen LogP contribution in [0.15, 0.2) is 18.2 Å². The van der Waals surface area contributed by atoms with E-state index in [-0.39, 0.29) is 0 Å². The molecular weight excluding hydrogens is 184 g/mol. The molecule has 3 heteroatoms. The van der Waals surface area contributed by atoms with E-state index < -0.39 is 11.6 Å². The van der Waals surface area contributed by atoms with Crippen LogP contribution in [-0.2, 0) is 0 Å². The second kappa shape index (κ2) is 4.94. The van der Waals surface area contributed by atoms with Gasteiger partial charge in [0.1, 0.15) is 11.6 Å². The molecular formula is C11H15F2N. The van der Waals surface area contributed by atoms with Crippen LogP contribution < -0.4 is 5.32 Å². The van der Waals surface area contributed by atoms with Crippen LogP contribution in [0.5, 0.6) is 0 Å². The van der Waals surface area contributed by atoms with Gasteiger partial charge in [-0.25, -0.2) is 8.78 Å². The van der Waals surface area contributed by atoms with E-state index in [4.69, 9.17) is 0 Å². The topological polar surface area (TPSA) is 12.0 Å². The predicted molar refractivity (Wildman–Crippen MR) is 54.3 cm³/mol. The molecule has 0 fully saturated rings. The maximum absolute atomic E-state index is 12.7. The first-order chi connectivity index (χ1) is 6.58. The minimum atomic E-state index is -0.544. The van der Waals surface area contributed by atoms with Crippen molar-refractivity contribution in [3.05, 3.63) is 29.8 Å². The SMILES string of the molecule is CC(C)CCNc1cc(F)cc(F)c1. The van der Waals surface area contributed by atoms with Crippen molar-refractivity contribution in [3.8, 4) is 0 Å². The Bertz CT molecular complexity index is 277. The largest absolute Gasteiger partial charge is 0.385 e. The van der Waals surface area contributed by atoms with E-state index in [0.29, 0.717) is 11.6 Å². The van der Waals surface area contributed by atoms with E-state index in [1.165, 1.54) is 12.1 Å². The summed E-state index contributed by atoms with van der Waals surface area (Å²) in [6.45, 7) is 4.95. The maximum atomic E-state index is 12.7. The summed E-state index contributed by atoms with van der Waals surface area (Å²) in [7, 11) is 0. The molecule has 1 aromatic rings. The predicted octanol–water partition coefficient (Wildman–Crippen LogP) is 3.42. The van der Waals surface area contributed by atoms with Gasteiger partial charge in [0.25, 0.3) is 0 Å². The highest BCUT2D eigenvalue weighted by atomic mass is 19.1. The Morgan fingerprint density at radius 3 is 2.21 bits per heavy atom. The zero-order chi connectivity index (χ0) is 10.6. The minimum Gasteiger partial charge on any atom is -0.385 e. The molecule has 0 unspecified atom stereocenters. The van der Waals surface area contributed by atoms with Gasteiger partial charge >= 0.3 is 0 Å². The van der Waals surface area contributed by atoms with Gasteiger partial charge in [-0.05, 0) is 24.5 Å². The summed E-state index contributed by atoms with van der Waals surface area (Å²) in [5.41, 5.74) is 0.503. The van der Waals surface area contributed by atoms with Gasteiger partial charge in [-0.15, -0.1) is 0 Å². The number of rotatable bonds is 4. The van der Waals surface area contributed by atoms with E-state index in [0.717, 1.165) is 19.0 Å². The molecule has 0 bridgehead atoms. The Morgan fingerprint density at radius 2 is 1.71 bits per heavy atom. The lowest BCUT2D eigenvalue weighted by atomic mass is 10.1. The second-order valence-electron chi connectivity index (χ2n) is 3.77. The maximum Gasteiger partial charge on any atom is 0.128 e. The van der Waals surface area contributed by atoms with E-state index in [9.17, 15) is 8.78 Å². The van der Waals surface area contributed by atoms with Gasteiger partial charge in [0.2, 0.25) is 0 Å². The molecule has 1 rings (SSSR count). The lowest BCUT2D eigenvalue weighted by Crippen LogP contribution is -2.05. The molecule has 1 aromatic carbocycles. The van der Waals surface area contributed by atoms with Crippen molar-refractivity contribution >= 4 is 5.69 Å². The molecule has 0 aliphatic rings. The van der Waals surface area contributed by atoms with Gasteiger partial charge in [0.05, 0.1) is 0 Å². The Labute approximate surface area is 83.1 Å². The molecule has 0 spiro atoms. The molecule has 0 amide bonds. The van der Waals surface area contributed by atoms with Crippen LogP contribution in [-0.4, -0.2) is 6.54 Å². The molecule has 0 radical (unpaired) electrons. The van der Waals surface area contributed by atoms with Crippen LogP contribution in [0.2, 0.25) is 0 Å². The molecule has 0 aromatic heterocycles. The van der Waals surface area contributed by atoms with Gasteiger partial charge in [-0.2, -0.15) is 0 Å². The third-order valence-electron chi connectivity index (χ3n) is 1.91. The van der Waals surface area contributed by atoms with Crippen molar-refractivity contribution in [3.63, 3.8) is 0 Å². The normalized spacial score (nSPS) is 10.6. The molecule has 0 heterocycles. The van der Waals surface area contributed by atoms with Crippen LogP contribution in [0.4, 0.5) is 14.5 Å². The van der Waals surface area contributed by atoms with Gasteiger partial charge in [0, 0.05) is 18.3 Å². The number of anilines is 1. The zero-order valence-corrected chi connectivity index (χ0v) is 8.48. The monoisotopic (exact) mass is 199 g/mol. The summed E-state index contributed by atoms with van der Waals surface area (Å²) in [6, 6.07) is 3.46. The lowest BCUT2D eigenvalue weighted by Gasteiger charge is -2.08. The van der Waals surface area contributed by atoms with E-state index >= 15 is 0 Å². The zero-order valence-electron chi connectivity index (χ0n) is 8.48. The molecule has 0 aliphatic carbocycles. The molecule has 1 N–H and O–H groups in total. The van der Waals surface area contributed by atoms with Crippen LogP contribution in [0.25, 0.3) is 0 Å². The average Bonchev–Trinajstić information content (AvgIpc) is 2.01. The molecule has 0 saturated heterocycles. The first-order valence-corrected chi connectivity index (χ1v) is 4.78. The van der Waals surface area contributed by atoms with Gasteiger partial charge < -0.3 is 5.32 Å². The van der Waals surface area contributed by atoms with Crippen molar-refractivity contribution in [2.45, 2.75) is 20.3 Å². The van der Waals surface area contributed by atoms with E-state index in [1.54, 1.807) is 0 Å². The summed E-state index contributed by atoms with van der Waals surface area (Å²) in [6.07, 6.45) is 0.984. The van der Waals surface area contributed by atoms with Gasteiger partial charge in [-0.1, -0.05) is 13.8 Å². The van der Waals surface area contributed by atoms with Crippen LogP contribution >= 0.6 is 0 Å². The summed E-state index contributed by atoms with van der Waals surface area (Å²) >= 11 is 0. The molecule has 0 aliphatic heterocycles. The number of nitrogens with one attached hydrogen (secondary N) is 1. The summed E-state index contributed by atoms with van der Waals surface area (Å²) in [5.74, 6) is -0.505. The number of benzene rings is 1. The van der Waals surface area contributed by atoms with Crippen LogP contribution in [0.3, 0.4) is 0 Å². The quantitative estimate of drug-likeness (QED) is 0.783. The molecule has 0 saturated carbocycles. The first-order valence-electron chi connectivity index (χ1n) is 4.78. The smallest absolute Gasteiger partial charge is 0.128 e. The van der Waals surface area contributed by atoms with Crippen LogP contribution in [0.1, 0.15) is 20.3 Å². The standard InChI is InChI=1S/C11H15F2N/c1-8(2)3-4-14-11-6-9(12)5-10(13)7-11/h5-8,14H,3-4H2,1-2H3. The van der Waals surface area contributed by atoms with Crippen molar-refractivity contribution in [1.82, 2.24) is 0 Å². The minimum absolute atomic E-state index is 0.503. The fourth-order valence-electron chi connectivity index (χ4n) is 1.16. The van der Waals surface area contributed by atoms with Crippen LogP contribution in [0, 0.1) is 17.6 Å². The summed E-state index contributed by atoms with van der Waals surface area (Å²) in [5, 5.41) is 2.98. The van der Waals surface area contributed by atoms with Crippen molar-refractivity contribution in [1.29, 1.82) is 0 Å². The van der Waals surface area contributed by atoms with Gasteiger partial charge in [0.15, 0.2) is 0 Å². The number of halogens is 2. The van der Waals surface area contributed by atoms with Crippen molar-refractivity contribution in [2.24, 2.45) is 5.92 Å². The first kappa shape index (κ1) is 11.0. The molecule has 0 atom stereocenters. The highest BCUT2D eigenvalue weighted by molar-refractivity contribution is 5.43. The molecule has 14 heavy (non-hydrogen) atoms. The van der Waals surface area contributed by atoms with Crippen molar-refractivity contribution < 1.29 is 8.78 Å². The molecule has 1 nitrogen and oxygen atoms in total. The fraction of sp³-hybridized carbons (Fsp3) is 0.455. The fourth-order valence-corrected chi connectivity index (χ4v) is 1.16. The number of hydrogen-bond donors (Lipinski definition) is 1.